The van der Waals surface area contributed by atoms with Gasteiger partial charge >= 0.3 is 5.97 Å². The second-order valence-corrected chi connectivity index (χ2v) is 4.87. The second-order valence-electron chi connectivity index (χ2n) is 3.78. The molecule has 0 aliphatic heterocycles. The molecule has 0 atom stereocenters. The standard InChI is InChI=1S/C13H18O3S/c1-4-9(5-2)11-7-10(8-14)17-12(11)13(15)16-6-3/h7-9H,4-6H2,1-3H3. The van der Waals surface area contributed by atoms with Crippen LogP contribution in [0.5, 0.6) is 0 Å². The van der Waals surface area contributed by atoms with E-state index in [1.807, 2.05) is 6.07 Å². The molecule has 0 bridgehead atoms. The molecule has 17 heavy (non-hydrogen) atoms. The fourth-order valence-electron chi connectivity index (χ4n) is 1.87. The largest absolute Gasteiger partial charge is 0.462 e. The molecule has 1 heterocycles. The average Bonchev–Trinajstić information content (AvgIpc) is 2.75. The second kappa shape index (κ2) is 6.55. The molecule has 0 radical (unpaired) electrons. The van der Waals surface area contributed by atoms with Crippen LogP contribution in [0.1, 0.15) is 64.4 Å². The Morgan fingerprint density at radius 2 is 2.06 bits per heavy atom. The van der Waals surface area contributed by atoms with Gasteiger partial charge in [-0.1, -0.05) is 13.8 Å². The number of hydrogen-bond donors (Lipinski definition) is 0. The molecule has 94 valence electrons. The minimum absolute atomic E-state index is 0.313. The number of hydrogen-bond acceptors (Lipinski definition) is 4. The number of carbonyl (C=O) groups excluding carboxylic acids is 2. The number of ether oxygens (including phenoxy) is 1. The first-order valence-corrected chi connectivity index (χ1v) is 6.75. The maximum absolute atomic E-state index is 11.8. The van der Waals surface area contributed by atoms with Crippen LogP contribution in [0.4, 0.5) is 0 Å². The normalized spacial score (nSPS) is 10.6. The van der Waals surface area contributed by atoms with Crippen molar-refractivity contribution in [3.63, 3.8) is 0 Å². The lowest BCUT2D eigenvalue weighted by Crippen LogP contribution is -2.07. The highest BCUT2D eigenvalue weighted by Gasteiger charge is 2.21. The summed E-state index contributed by atoms with van der Waals surface area (Å²) in [6.07, 6.45) is 2.70. The highest BCUT2D eigenvalue weighted by Crippen LogP contribution is 2.32. The zero-order chi connectivity index (χ0) is 12.8. The van der Waals surface area contributed by atoms with Crippen LogP contribution < -0.4 is 0 Å². The van der Waals surface area contributed by atoms with Gasteiger partial charge in [0, 0.05) is 0 Å². The summed E-state index contributed by atoms with van der Waals surface area (Å²) in [5.41, 5.74) is 0.959. The molecule has 0 N–H and O–H groups in total. The minimum atomic E-state index is -0.313. The van der Waals surface area contributed by atoms with Crippen LogP contribution in [0.2, 0.25) is 0 Å². The fourth-order valence-corrected chi connectivity index (χ4v) is 2.83. The van der Waals surface area contributed by atoms with Gasteiger partial charge in [0.15, 0.2) is 6.29 Å². The lowest BCUT2D eigenvalue weighted by molar-refractivity contribution is 0.0530. The van der Waals surface area contributed by atoms with Crippen LogP contribution in [0.15, 0.2) is 6.07 Å². The molecule has 0 aliphatic rings. The van der Waals surface area contributed by atoms with E-state index in [2.05, 4.69) is 13.8 Å². The molecular weight excluding hydrogens is 236 g/mol. The Morgan fingerprint density at radius 1 is 1.41 bits per heavy atom. The van der Waals surface area contributed by atoms with Crippen LogP contribution in [0, 0.1) is 0 Å². The summed E-state index contributed by atoms with van der Waals surface area (Å²) in [6, 6.07) is 1.82. The minimum Gasteiger partial charge on any atom is -0.462 e. The summed E-state index contributed by atoms with van der Waals surface area (Å²) in [4.78, 5) is 23.8. The molecule has 1 aromatic heterocycles. The van der Waals surface area contributed by atoms with Crippen LogP contribution in [-0.4, -0.2) is 18.9 Å². The van der Waals surface area contributed by atoms with Gasteiger partial charge in [-0.15, -0.1) is 11.3 Å². The summed E-state index contributed by atoms with van der Waals surface area (Å²) in [6.45, 7) is 6.31. The van der Waals surface area contributed by atoms with E-state index in [0.717, 1.165) is 24.7 Å². The summed E-state index contributed by atoms with van der Waals surface area (Å²) < 4.78 is 5.02. The predicted octanol–water partition coefficient (Wildman–Crippen LogP) is 3.64. The molecule has 0 aliphatic carbocycles. The number of esters is 1. The Bertz CT molecular complexity index is 391. The van der Waals surface area contributed by atoms with Gasteiger partial charge in [-0.3, -0.25) is 4.79 Å². The Hall–Kier alpha value is -1.16. The van der Waals surface area contributed by atoms with E-state index in [1.165, 1.54) is 11.3 Å². The number of aldehydes is 1. The first kappa shape index (κ1) is 13.9. The first-order chi connectivity index (χ1) is 8.17. The average molecular weight is 254 g/mol. The van der Waals surface area contributed by atoms with E-state index in [1.54, 1.807) is 6.92 Å². The molecule has 0 unspecified atom stereocenters. The lowest BCUT2D eigenvalue weighted by atomic mass is 9.94. The van der Waals surface area contributed by atoms with Crippen molar-refractivity contribution >= 4 is 23.6 Å². The van der Waals surface area contributed by atoms with Crippen molar-refractivity contribution in [3.8, 4) is 0 Å². The van der Waals surface area contributed by atoms with E-state index in [0.29, 0.717) is 22.3 Å². The summed E-state index contributed by atoms with van der Waals surface area (Å²) in [7, 11) is 0. The van der Waals surface area contributed by atoms with E-state index in [9.17, 15) is 9.59 Å². The lowest BCUT2D eigenvalue weighted by Gasteiger charge is -2.12. The van der Waals surface area contributed by atoms with Gasteiger partial charge in [0.2, 0.25) is 0 Å². The smallest absolute Gasteiger partial charge is 0.348 e. The third-order valence-corrected chi connectivity index (χ3v) is 3.84. The van der Waals surface area contributed by atoms with Gasteiger partial charge in [0.05, 0.1) is 11.5 Å². The van der Waals surface area contributed by atoms with Gasteiger partial charge in [0.1, 0.15) is 4.88 Å². The zero-order valence-electron chi connectivity index (χ0n) is 10.5. The van der Waals surface area contributed by atoms with Crippen LogP contribution in [0.25, 0.3) is 0 Å². The highest BCUT2D eigenvalue weighted by molar-refractivity contribution is 7.15. The van der Waals surface area contributed by atoms with Gasteiger partial charge in [0.25, 0.3) is 0 Å². The number of thiophene rings is 1. The van der Waals surface area contributed by atoms with Crippen molar-refractivity contribution in [2.24, 2.45) is 0 Å². The number of carbonyl (C=O) groups is 2. The summed E-state index contributed by atoms with van der Waals surface area (Å²) >= 11 is 1.22. The van der Waals surface area contributed by atoms with Crippen molar-refractivity contribution < 1.29 is 14.3 Å². The maximum atomic E-state index is 11.8. The van der Waals surface area contributed by atoms with Gasteiger partial charge in [-0.2, -0.15) is 0 Å². The van der Waals surface area contributed by atoms with E-state index in [4.69, 9.17) is 4.74 Å². The predicted molar refractivity (Wildman–Crippen MR) is 69.0 cm³/mol. The van der Waals surface area contributed by atoms with E-state index in [-0.39, 0.29) is 5.97 Å². The Morgan fingerprint density at radius 3 is 2.53 bits per heavy atom. The SMILES string of the molecule is CCOC(=O)c1sc(C=O)cc1C(CC)CC. The van der Waals surface area contributed by atoms with Gasteiger partial charge < -0.3 is 4.74 Å². The van der Waals surface area contributed by atoms with Crippen molar-refractivity contribution in [2.45, 2.75) is 39.5 Å². The molecule has 0 fully saturated rings. The topological polar surface area (TPSA) is 43.4 Å². The molecule has 0 saturated carbocycles. The molecule has 1 rings (SSSR count). The molecule has 0 spiro atoms. The fraction of sp³-hybridized carbons (Fsp3) is 0.538. The van der Waals surface area contributed by atoms with Crippen molar-refractivity contribution in [2.75, 3.05) is 6.61 Å². The van der Waals surface area contributed by atoms with Gasteiger partial charge in [-0.25, -0.2) is 4.79 Å². The van der Waals surface area contributed by atoms with Crippen LogP contribution in [0.3, 0.4) is 0 Å². The molecule has 0 saturated heterocycles. The molecule has 0 amide bonds. The first-order valence-electron chi connectivity index (χ1n) is 5.93. The highest BCUT2D eigenvalue weighted by atomic mass is 32.1. The monoisotopic (exact) mass is 254 g/mol. The van der Waals surface area contributed by atoms with Crippen LogP contribution >= 0.6 is 11.3 Å². The van der Waals surface area contributed by atoms with E-state index < -0.39 is 0 Å². The third-order valence-electron chi connectivity index (χ3n) is 2.78. The molecule has 4 heteroatoms. The summed E-state index contributed by atoms with van der Waals surface area (Å²) in [5.74, 6) is 0.00635. The van der Waals surface area contributed by atoms with Gasteiger partial charge in [-0.05, 0) is 37.3 Å². The zero-order valence-corrected chi connectivity index (χ0v) is 11.3. The molecule has 3 nitrogen and oxygen atoms in total. The third kappa shape index (κ3) is 3.16. The van der Waals surface area contributed by atoms with Crippen LogP contribution in [-0.2, 0) is 4.74 Å². The maximum Gasteiger partial charge on any atom is 0.348 e. The van der Waals surface area contributed by atoms with Crippen molar-refractivity contribution in [3.05, 3.63) is 21.4 Å². The quantitative estimate of drug-likeness (QED) is 0.575. The Labute approximate surface area is 106 Å². The Balaban J connectivity index is 3.12. The van der Waals surface area contributed by atoms with Crippen molar-refractivity contribution in [1.29, 1.82) is 0 Å². The number of rotatable bonds is 6. The molecule has 1 aromatic rings. The summed E-state index contributed by atoms with van der Waals surface area (Å²) in [5, 5.41) is 0. The van der Waals surface area contributed by atoms with E-state index >= 15 is 0 Å². The molecule has 0 aromatic carbocycles. The molecular formula is C13H18O3S. The Kier molecular flexibility index (Phi) is 5.35. The van der Waals surface area contributed by atoms with Crippen molar-refractivity contribution in [1.82, 2.24) is 0 Å².